The fourth-order valence-electron chi connectivity index (χ4n) is 2.28. The van der Waals surface area contributed by atoms with Gasteiger partial charge >= 0.3 is 5.97 Å². The minimum atomic E-state index is -0.686. The van der Waals surface area contributed by atoms with Crippen LogP contribution in [0.25, 0.3) is 0 Å². The smallest absolute Gasteiger partial charge is 0.305 e. The van der Waals surface area contributed by atoms with E-state index >= 15 is 0 Å². The first kappa shape index (κ1) is 12.5. The summed E-state index contributed by atoms with van der Waals surface area (Å²) >= 11 is 0. The summed E-state index contributed by atoms with van der Waals surface area (Å²) in [5.74, 6) is -0.686. The summed E-state index contributed by atoms with van der Waals surface area (Å²) < 4.78 is 0. The molecule has 0 amide bonds. The quantitative estimate of drug-likeness (QED) is 0.662. The molecule has 88 valence electrons. The lowest BCUT2D eigenvalue weighted by Crippen LogP contribution is -2.69. The van der Waals surface area contributed by atoms with Crippen LogP contribution in [-0.2, 0) is 4.79 Å². The lowest BCUT2D eigenvalue weighted by atomic mass is 9.86. The number of carboxylic acid groups (broad SMARTS) is 1. The number of aliphatic carboxylic acids is 1. The van der Waals surface area contributed by atoms with Gasteiger partial charge in [-0.15, -0.1) is 0 Å². The van der Waals surface area contributed by atoms with E-state index in [9.17, 15) is 4.79 Å². The Morgan fingerprint density at radius 3 is 2.13 bits per heavy atom. The van der Waals surface area contributed by atoms with Crippen LogP contribution in [0.3, 0.4) is 0 Å². The van der Waals surface area contributed by atoms with Gasteiger partial charge in [0.1, 0.15) is 0 Å². The van der Waals surface area contributed by atoms with E-state index in [4.69, 9.17) is 5.11 Å². The monoisotopic (exact) mass is 214 g/mol. The highest BCUT2D eigenvalue weighted by atomic mass is 16.4. The Labute approximate surface area is 91.6 Å². The van der Waals surface area contributed by atoms with Crippen LogP contribution in [0.2, 0.25) is 0 Å². The zero-order valence-corrected chi connectivity index (χ0v) is 9.75. The van der Waals surface area contributed by atoms with Crippen LogP contribution >= 0.6 is 0 Å². The summed E-state index contributed by atoms with van der Waals surface area (Å²) in [7, 11) is 0. The van der Waals surface area contributed by atoms with Gasteiger partial charge < -0.3 is 10.4 Å². The van der Waals surface area contributed by atoms with E-state index in [1.165, 1.54) is 0 Å². The van der Waals surface area contributed by atoms with Gasteiger partial charge in [-0.25, -0.2) is 0 Å². The third kappa shape index (κ3) is 2.92. The molecule has 1 saturated heterocycles. The minimum Gasteiger partial charge on any atom is -0.481 e. The summed E-state index contributed by atoms with van der Waals surface area (Å²) in [6.07, 6.45) is 2.43. The molecule has 0 aromatic carbocycles. The molecule has 0 atom stereocenters. The Balaban J connectivity index is 2.62. The van der Waals surface area contributed by atoms with Crippen molar-refractivity contribution in [3.8, 4) is 0 Å². The van der Waals surface area contributed by atoms with Crippen LogP contribution in [0, 0.1) is 0 Å². The Hall–Kier alpha value is -0.610. The van der Waals surface area contributed by atoms with Crippen molar-refractivity contribution >= 4 is 5.97 Å². The highest BCUT2D eigenvalue weighted by Crippen LogP contribution is 2.25. The average molecular weight is 214 g/mol. The molecule has 0 saturated carbocycles. The lowest BCUT2D eigenvalue weighted by molar-refractivity contribution is -0.142. The second kappa shape index (κ2) is 5.47. The normalized spacial score (nSPS) is 18.9. The molecular weight excluding hydrogens is 192 g/mol. The van der Waals surface area contributed by atoms with Crippen molar-refractivity contribution in [2.24, 2.45) is 0 Å². The second-order valence-corrected chi connectivity index (χ2v) is 4.39. The van der Waals surface area contributed by atoms with Crippen LogP contribution in [-0.4, -0.2) is 47.7 Å². The van der Waals surface area contributed by atoms with E-state index in [1.54, 1.807) is 0 Å². The zero-order valence-electron chi connectivity index (χ0n) is 9.75. The van der Waals surface area contributed by atoms with Crippen LogP contribution in [0.1, 0.15) is 33.1 Å². The van der Waals surface area contributed by atoms with Crippen LogP contribution in [0.15, 0.2) is 0 Å². The molecule has 4 heteroatoms. The summed E-state index contributed by atoms with van der Waals surface area (Å²) in [5, 5.41) is 12.1. The standard InChI is InChI=1S/C11H22N2O2/c1-3-5-13(6-4-2)11(7-10(14)15)8-12-9-11/h12H,3-9H2,1-2H3,(H,14,15). The fourth-order valence-corrected chi connectivity index (χ4v) is 2.28. The molecule has 0 aromatic heterocycles. The van der Waals surface area contributed by atoms with Gasteiger partial charge in [-0.05, 0) is 25.9 Å². The van der Waals surface area contributed by atoms with Crippen molar-refractivity contribution in [3.63, 3.8) is 0 Å². The summed E-state index contributed by atoms with van der Waals surface area (Å²) in [4.78, 5) is 13.2. The van der Waals surface area contributed by atoms with E-state index in [0.29, 0.717) is 0 Å². The number of nitrogens with one attached hydrogen (secondary N) is 1. The third-order valence-corrected chi connectivity index (χ3v) is 3.05. The van der Waals surface area contributed by atoms with Crippen molar-refractivity contribution < 1.29 is 9.90 Å². The van der Waals surface area contributed by atoms with Crippen molar-refractivity contribution in [1.29, 1.82) is 0 Å². The van der Waals surface area contributed by atoms with E-state index in [0.717, 1.165) is 39.0 Å². The van der Waals surface area contributed by atoms with E-state index in [-0.39, 0.29) is 12.0 Å². The number of rotatable bonds is 7. The first-order valence-corrected chi connectivity index (χ1v) is 5.82. The maximum atomic E-state index is 10.9. The topological polar surface area (TPSA) is 52.6 Å². The van der Waals surface area contributed by atoms with Crippen molar-refractivity contribution in [2.45, 2.75) is 38.6 Å². The molecule has 0 bridgehead atoms. The number of carbonyl (C=O) groups is 1. The van der Waals surface area contributed by atoms with Gasteiger partial charge in [-0.1, -0.05) is 13.8 Å². The first-order valence-electron chi connectivity index (χ1n) is 5.82. The molecule has 1 fully saturated rings. The Bertz CT molecular complexity index is 209. The summed E-state index contributed by atoms with van der Waals surface area (Å²) in [5.41, 5.74) is -0.113. The molecular formula is C11H22N2O2. The third-order valence-electron chi connectivity index (χ3n) is 3.05. The maximum Gasteiger partial charge on any atom is 0.305 e. The number of hydrogen-bond acceptors (Lipinski definition) is 3. The summed E-state index contributed by atoms with van der Waals surface area (Å²) in [6.45, 7) is 7.93. The average Bonchev–Trinajstić information content (AvgIpc) is 2.11. The number of hydrogen-bond donors (Lipinski definition) is 2. The van der Waals surface area contributed by atoms with Crippen molar-refractivity contribution in [1.82, 2.24) is 10.2 Å². The van der Waals surface area contributed by atoms with Crippen LogP contribution < -0.4 is 5.32 Å². The Morgan fingerprint density at radius 1 is 1.33 bits per heavy atom. The fraction of sp³-hybridized carbons (Fsp3) is 0.909. The molecule has 0 aromatic rings. The molecule has 0 unspecified atom stereocenters. The molecule has 4 nitrogen and oxygen atoms in total. The number of nitrogens with zero attached hydrogens (tertiary/aromatic N) is 1. The SMILES string of the molecule is CCCN(CCC)C1(CC(=O)O)CNC1. The van der Waals surface area contributed by atoms with Gasteiger partial charge in [0.25, 0.3) is 0 Å². The molecule has 0 spiro atoms. The molecule has 1 aliphatic heterocycles. The minimum absolute atomic E-state index is 0.113. The predicted molar refractivity (Wildman–Crippen MR) is 60.0 cm³/mol. The molecule has 2 N–H and O–H groups in total. The molecule has 15 heavy (non-hydrogen) atoms. The maximum absolute atomic E-state index is 10.9. The van der Waals surface area contributed by atoms with E-state index < -0.39 is 5.97 Å². The Kier molecular flexibility index (Phi) is 4.54. The van der Waals surface area contributed by atoms with Gasteiger partial charge in [0.15, 0.2) is 0 Å². The number of carboxylic acids is 1. The highest BCUT2D eigenvalue weighted by Gasteiger charge is 2.43. The molecule has 1 heterocycles. The second-order valence-electron chi connectivity index (χ2n) is 4.39. The Morgan fingerprint density at radius 2 is 1.87 bits per heavy atom. The highest BCUT2D eigenvalue weighted by molar-refractivity contribution is 5.68. The first-order chi connectivity index (χ1) is 7.14. The molecule has 1 rings (SSSR count). The summed E-state index contributed by atoms with van der Waals surface area (Å²) in [6, 6.07) is 0. The lowest BCUT2D eigenvalue weighted by Gasteiger charge is -2.50. The molecule has 0 aliphatic carbocycles. The zero-order chi connectivity index (χ0) is 11.3. The van der Waals surface area contributed by atoms with Gasteiger partial charge in [0.05, 0.1) is 12.0 Å². The molecule has 1 aliphatic rings. The van der Waals surface area contributed by atoms with Gasteiger partial charge in [-0.2, -0.15) is 0 Å². The predicted octanol–water partition coefficient (Wildman–Crippen LogP) is 0.925. The van der Waals surface area contributed by atoms with Crippen molar-refractivity contribution in [3.05, 3.63) is 0 Å². The van der Waals surface area contributed by atoms with E-state index in [1.807, 2.05) is 0 Å². The van der Waals surface area contributed by atoms with Gasteiger partial charge in [0, 0.05) is 13.1 Å². The van der Waals surface area contributed by atoms with Crippen LogP contribution in [0.4, 0.5) is 0 Å². The van der Waals surface area contributed by atoms with Crippen LogP contribution in [0.5, 0.6) is 0 Å². The largest absolute Gasteiger partial charge is 0.481 e. The van der Waals surface area contributed by atoms with Crippen molar-refractivity contribution in [2.75, 3.05) is 26.2 Å². The van der Waals surface area contributed by atoms with Gasteiger partial charge in [0.2, 0.25) is 0 Å². The van der Waals surface area contributed by atoms with E-state index in [2.05, 4.69) is 24.1 Å². The molecule has 0 radical (unpaired) electrons. The van der Waals surface area contributed by atoms with Gasteiger partial charge in [-0.3, -0.25) is 9.69 Å².